The van der Waals surface area contributed by atoms with E-state index in [1.54, 1.807) is 6.20 Å². The summed E-state index contributed by atoms with van der Waals surface area (Å²) in [5, 5.41) is 12.5. The van der Waals surface area contributed by atoms with Crippen molar-refractivity contribution < 1.29 is 9.59 Å². The van der Waals surface area contributed by atoms with Crippen LogP contribution in [0.3, 0.4) is 0 Å². The van der Waals surface area contributed by atoms with Gasteiger partial charge in [-0.15, -0.1) is 0 Å². The molecule has 2 aromatic rings. The third kappa shape index (κ3) is 4.71. The van der Waals surface area contributed by atoms with E-state index in [1.807, 2.05) is 31.2 Å². The maximum absolute atomic E-state index is 12.3. The lowest BCUT2D eigenvalue weighted by Crippen LogP contribution is -2.34. The fourth-order valence-corrected chi connectivity index (χ4v) is 3.51. The number of nitrogens with zero attached hydrogens (tertiary/aromatic N) is 1. The van der Waals surface area contributed by atoms with Gasteiger partial charge in [0.05, 0.1) is 11.8 Å². The summed E-state index contributed by atoms with van der Waals surface area (Å²) in [5.74, 6) is 0.960. The lowest BCUT2D eigenvalue weighted by atomic mass is 9.82. The molecule has 6 heteroatoms. The van der Waals surface area contributed by atoms with E-state index in [4.69, 9.17) is 0 Å². The molecule has 1 aromatic heterocycles. The molecule has 0 bridgehead atoms. The highest BCUT2D eigenvalue weighted by molar-refractivity contribution is 5.95. The molecule has 1 fully saturated rings. The number of aromatic amines is 1. The van der Waals surface area contributed by atoms with Crippen molar-refractivity contribution in [3.05, 3.63) is 53.3 Å². The Balaban J connectivity index is 1.37. The summed E-state index contributed by atoms with van der Waals surface area (Å²) in [5.41, 5.74) is 2.32. The maximum Gasteiger partial charge on any atom is 0.254 e. The number of hydrogen-bond acceptors (Lipinski definition) is 3. The fraction of sp³-hybridized carbons (Fsp3) is 0.450. The molecule has 0 saturated heterocycles. The van der Waals surface area contributed by atoms with Gasteiger partial charge in [0.25, 0.3) is 11.8 Å². The molecule has 0 aliphatic heterocycles. The Morgan fingerprint density at radius 2 is 1.65 bits per heavy atom. The highest BCUT2D eigenvalue weighted by Crippen LogP contribution is 2.28. The second-order valence-electron chi connectivity index (χ2n) is 7.11. The van der Waals surface area contributed by atoms with Crippen LogP contribution >= 0.6 is 0 Å². The minimum atomic E-state index is -0.0774. The van der Waals surface area contributed by atoms with Gasteiger partial charge in [-0.3, -0.25) is 14.7 Å². The van der Waals surface area contributed by atoms with Crippen LogP contribution in [-0.2, 0) is 0 Å². The molecule has 0 atom stereocenters. The number of H-pyrrole nitrogens is 1. The predicted octanol–water partition coefficient (Wildman–Crippen LogP) is 2.68. The molecule has 138 valence electrons. The first-order valence-electron chi connectivity index (χ1n) is 9.24. The standard InChI is InChI=1S/C20H26N4O2/c1-14-4-2-3-5-18(14)20(26)22-11-16-8-6-15(7-9-16)10-21-19(25)17-12-23-24-13-17/h2-5,12-13,15-16H,6-11H2,1H3,(H,21,25)(H,22,26)(H,23,24). The zero-order valence-corrected chi connectivity index (χ0v) is 15.1. The van der Waals surface area contributed by atoms with Gasteiger partial charge in [0.1, 0.15) is 0 Å². The van der Waals surface area contributed by atoms with Crippen LogP contribution in [0, 0.1) is 18.8 Å². The number of aryl methyl sites for hydroxylation is 1. The molecule has 0 radical (unpaired) electrons. The van der Waals surface area contributed by atoms with E-state index in [0.717, 1.165) is 43.4 Å². The van der Waals surface area contributed by atoms with Crippen molar-refractivity contribution in [1.29, 1.82) is 0 Å². The van der Waals surface area contributed by atoms with Gasteiger partial charge in [0.2, 0.25) is 0 Å². The Bertz CT molecular complexity index is 734. The Labute approximate surface area is 153 Å². The third-order valence-electron chi connectivity index (χ3n) is 5.22. The van der Waals surface area contributed by atoms with Crippen molar-refractivity contribution in [3.63, 3.8) is 0 Å². The van der Waals surface area contributed by atoms with Crippen LogP contribution in [0.4, 0.5) is 0 Å². The van der Waals surface area contributed by atoms with Crippen LogP contribution in [-0.4, -0.2) is 35.1 Å². The molecule has 6 nitrogen and oxygen atoms in total. The van der Waals surface area contributed by atoms with Gasteiger partial charge in [-0.2, -0.15) is 5.10 Å². The zero-order chi connectivity index (χ0) is 18.4. The molecule has 1 saturated carbocycles. The summed E-state index contributed by atoms with van der Waals surface area (Å²) in [6.45, 7) is 3.38. The maximum atomic E-state index is 12.3. The van der Waals surface area contributed by atoms with Crippen molar-refractivity contribution >= 4 is 11.8 Å². The summed E-state index contributed by atoms with van der Waals surface area (Å²) in [6.07, 6.45) is 7.46. The number of aromatic nitrogens is 2. The van der Waals surface area contributed by atoms with Gasteiger partial charge in [-0.1, -0.05) is 18.2 Å². The summed E-state index contributed by atoms with van der Waals surface area (Å²) in [6, 6.07) is 7.66. The highest BCUT2D eigenvalue weighted by Gasteiger charge is 2.22. The third-order valence-corrected chi connectivity index (χ3v) is 5.22. The van der Waals surface area contributed by atoms with Crippen LogP contribution in [0.2, 0.25) is 0 Å². The van der Waals surface area contributed by atoms with Crippen LogP contribution in [0.25, 0.3) is 0 Å². The van der Waals surface area contributed by atoms with Gasteiger partial charge >= 0.3 is 0 Å². The first-order chi connectivity index (χ1) is 12.6. The van der Waals surface area contributed by atoms with Crippen molar-refractivity contribution in [2.45, 2.75) is 32.6 Å². The predicted molar refractivity (Wildman–Crippen MR) is 99.9 cm³/mol. The van der Waals surface area contributed by atoms with Gasteiger partial charge < -0.3 is 10.6 Å². The Kier molecular flexibility index (Phi) is 6.04. The molecule has 1 heterocycles. The van der Waals surface area contributed by atoms with Crippen molar-refractivity contribution in [2.24, 2.45) is 11.8 Å². The SMILES string of the molecule is Cc1ccccc1C(=O)NCC1CCC(CNC(=O)c2cn[nH]c2)CC1. The molecular formula is C20H26N4O2. The van der Waals surface area contributed by atoms with Gasteiger partial charge in [-0.05, 0) is 56.1 Å². The number of rotatable bonds is 6. The largest absolute Gasteiger partial charge is 0.352 e. The van der Waals surface area contributed by atoms with E-state index in [9.17, 15) is 9.59 Å². The average molecular weight is 354 g/mol. The summed E-state index contributed by atoms with van der Waals surface area (Å²) < 4.78 is 0. The Hall–Kier alpha value is -2.63. The molecule has 3 rings (SSSR count). The van der Waals surface area contributed by atoms with Crippen LogP contribution in [0.1, 0.15) is 52.0 Å². The number of carbonyl (C=O) groups excluding carboxylic acids is 2. The molecule has 1 aliphatic carbocycles. The molecule has 26 heavy (non-hydrogen) atoms. The van der Waals surface area contributed by atoms with Crippen LogP contribution in [0.5, 0.6) is 0 Å². The molecule has 0 spiro atoms. The molecule has 3 N–H and O–H groups in total. The fourth-order valence-electron chi connectivity index (χ4n) is 3.51. The van der Waals surface area contributed by atoms with E-state index in [-0.39, 0.29) is 11.8 Å². The number of benzene rings is 1. The lowest BCUT2D eigenvalue weighted by molar-refractivity contribution is 0.0923. The summed E-state index contributed by atoms with van der Waals surface area (Å²) in [7, 11) is 0. The lowest BCUT2D eigenvalue weighted by Gasteiger charge is -2.28. The first-order valence-corrected chi connectivity index (χ1v) is 9.24. The highest BCUT2D eigenvalue weighted by atomic mass is 16.2. The first kappa shape index (κ1) is 18.2. The van der Waals surface area contributed by atoms with Gasteiger partial charge in [-0.25, -0.2) is 0 Å². The van der Waals surface area contributed by atoms with E-state index < -0.39 is 0 Å². The quantitative estimate of drug-likeness (QED) is 0.745. The molecule has 0 unspecified atom stereocenters. The van der Waals surface area contributed by atoms with Crippen molar-refractivity contribution in [2.75, 3.05) is 13.1 Å². The van der Waals surface area contributed by atoms with E-state index in [0.29, 0.717) is 23.9 Å². The molecule has 2 amide bonds. The minimum Gasteiger partial charge on any atom is -0.352 e. The van der Waals surface area contributed by atoms with Crippen molar-refractivity contribution in [3.8, 4) is 0 Å². The Morgan fingerprint density at radius 3 is 2.23 bits per heavy atom. The summed E-state index contributed by atoms with van der Waals surface area (Å²) >= 11 is 0. The average Bonchev–Trinajstić information content (AvgIpc) is 3.20. The second kappa shape index (κ2) is 8.65. The molecule has 1 aromatic carbocycles. The molecule has 1 aliphatic rings. The number of amides is 2. The Morgan fingerprint density at radius 1 is 1.04 bits per heavy atom. The van der Waals surface area contributed by atoms with Crippen LogP contribution in [0.15, 0.2) is 36.7 Å². The van der Waals surface area contributed by atoms with Crippen LogP contribution < -0.4 is 10.6 Å². The second-order valence-corrected chi connectivity index (χ2v) is 7.11. The normalized spacial score (nSPS) is 19.7. The number of hydrogen-bond donors (Lipinski definition) is 3. The summed E-state index contributed by atoms with van der Waals surface area (Å²) in [4.78, 5) is 24.2. The van der Waals surface area contributed by atoms with E-state index >= 15 is 0 Å². The minimum absolute atomic E-state index is 0.0117. The number of carbonyl (C=O) groups is 2. The van der Waals surface area contributed by atoms with Gasteiger partial charge in [0.15, 0.2) is 0 Å². The van der Waals surface area contributed by atoms with Crippen molar-refractivity contribution in [1.82, 2.24) is 20.8 Å². The molecular weight excluding hydrogens is 328 g/mol. The number of nitrogens with one attached hydrogen (secondary N) is 3. The zero-order valence-electron chi connectivity index (χ0n) is 15.1. The topological polar surface area (TPSA) is 86.9 Å². The monoisotopic (exact) mass is 354 g/mol. The van der Waals surface area contributed by atoms with Gasteiger partial charge in [0, 0.05) is 24.8 Å². The smallest absolute Gasteiger partial charge is 0.254 e. The van der Waals surface area contributed by atoms with E-state index in [2.05, 4.69) is 20.8 Å². The van der Waals surface area contributed by atoms with E-state index in [1.165, 1.54) is 6.20 Å².